The van der Waals surface area contributed by atoms with Crippen LogP contribution in [0.5, 0.6) is 0 Å². The largest absolute Gasteiger partial charge is 0.369 e. The molecule has 0 atom stereocenters. The summed E-state index contributed by atoms with van der Waals surface area (Å²) in [6, 6.07) is 16.1. The number of carbonyl (C=O) groups excluding carboxylic acids is 1. The maximum atomic E-state index is 12.3. The number of hydrogen-bond donors (Lipinski definition) is 1. The molecular formula is C21H26N6O. The molecule has 3 rings (SSSR count). The van der Waals surface area contributed by atoms with Gasteiger partial charge in [0.25, 0.3) is 0 Å². The molecule has 7 heteroatoms. The molecule has 0 fully saturated rings. The van der Waals surface area contributed by atoms with Crippen LogP contribution in [0.4, 0.5) is 11.4 Å². The highest BCUT2D eigenvalue weighted by molar-refractivity contribution is 5.90. The van der Waals surface area contributed by atoms with Crippen molar-refractivity contribution in [2.45, 2.75) is 40.3 Å². The van der Waals surface area contributed by atoms with Crippen LogP contribution in [-0.4, -0.2) is 38.7 Å². The van der Waals surface area contributed by atoms with Crippen LogP contribution in [0.3, 0.4) is 0 Å². The van der Waals surface area contributed by atoms with Crippen molar-refractivity contribution in [2.24, 2.45) is 0 Å². The monoisotopic (exact) mass is 378 g/mol. The van der Waals surface area contributed by atoms with Gasteiger partial charge in [0, 0.05) is 29.5 Å². The first-order valence-corrected chi connectivity index (χ1v) is 9.47. The molecule has 0 saturated carbocycles. The van der Waals surface area contributed by atoms with E-state index >= 15 is 0 Å². The average Bonchev–Trinajstić information content (AvgIpc) is 3.12. The minimum atomic E-state index is -0.197. The van der Waals surface area contributed by atoms with E-state index in [1.807, 2.05) is 55.5 Å². The second kappa shape index (κ2) is 8.65. The molecule has 0 aliphatic rings. The Labute approximate surface area is 165 Å². The Kier molecular flexibility index (Phi) is 6.03. The zero-order valence-electron chi connectivity index (χ0n) is 16.8. The van der Waals surface area contributed by atoms with Crippen LogP contribution in [-0.2, 0) is 11.3 Å². The normalized spacial score (nSPS) is 10.9. The standard InChI is InChI=1S/C21H26N6O/c1-5-26(15(2)3)19-12-10-18(11-13-19)22-20(28)14-27-24-21(23-25-27)17-8-6-16(4)7-9-17/h6-13,15H,5,14H2,1-4H3,(H,22,28). The topological polar surface area (TPSA) is 75.9 Å². The van der Waals surface area contributed by atoms with Crippen LogP contribution in [0.15, 0.2) is 48.5 Å². The molecule has 0 spiro atoms. The van der Waals surface area contributed by atoms with E-state index in [-0.39, 0.29) is 12.5 Å². The van der Waals surface area contributed by atoms with E-state index in [2.05, 4.69) is 46.4 Å². The van der Waals surface area contributed by atoms with Gasteiger partial charge in [0.2, 0.25) is 11.7 Å². The third-order valence-corrected chi connectivity index (χ3v) is 4.49. The second-order valence-electron chi connectivity index (χ2n) is 6.98. The zero-order valence-corrected chi connectivity index (χ0v) is 16.8. The quantitative estimate of drug-likeness (QED) is 0.681. The number of amides is 1. The molecule has 0 bridgehead atoms. The Hall–Kier alpha value is -3.22. The summed E-state index contributed by atoms with van der Waals surface area (Å²) >= 11 is 0. The van der Waals surface area contributed by atoms with E-state index in [9.17, 15) is 4.79 Å². The molecular weight excluding hydrogens is 352 g/mol. The molecule has 1 N–H and O–H groups in total. The number of benzene rings is 2. The SMILES string of the molecule is CCN(c1ccc(NC(=O)Cn2nnc(-c3ccc(C)cc3)n2)cc1)C(C)C. The number of anilines is 2. The Balaban J connectivity index is 1.61. The first kappa shape index (κ1) is 19.5. The van der Waals surface area contributed by atoms with Gasteiger partial charge in [-0.3, -0.25) is 4.79 Å². The summed E-state index contributed by atoms with van der Waals surface area (Å²) in [4.78, 5) is 15.9. The van der Waals surface area contributed by atoms with Crippen LogP contribution >= 0.6 is 0 Å². The minimum Gasteiger partial charge on any atom is -0.369 e. The van der Waals surface area contributed by atoms with E-state index < -0.39 is 0 Å². The van der Waals surface area contributed by atoms with Crippen molar-refractivity contribution < 1.29 is 4.79 Å². The molecule has 146 valence electrons. The number of tetrazole rings is 1. The average molecular weight is 378 g/mol. The molecule has 28 heavy (non-hydrogen) atoms. The molecule has 0 radical (unpaired) electrons. The van der Waals surface area contributed by atoms with Gasteiger partial charge in [-0.1, -0.05) is 29.8 Å². The molecule has 7 nitrogen and oxygen atoms in total. The number of nitrogens with one attached hydrogen (secondary N) is 1. The summed E-state index contributed by atoms with van der Waals surface area (Å²) in [5.74, 6) is 0.308. The fourth-order valence-corrected chi connectivity index (χ4v) is 3.04. The minimum absolute atomic E-state index is 0.00763. The number of hydrogen-bond acceptors (Lipinski definition) is 5. The highest BCUT2D eigenvalue weighted by Gasteiger charge is 2.11. The van der Waals surface area contributed by atoms with Gasteiger partial charge in [0.15, 0.2) is 0 Å². The fraction of sp³-hybridized carbons (Fsp3) is 0.333. The number of nitrogens with zero attached hydrogens (tertiary/aromatic N) is 5. The zero-order chi connectivity index (χ0) is 20.1. The molecule has 0 aliphatic heterocycles. The van der Waals surface area contributed by atoms with Crippen molar-refractivity contribution in [3.8, 4) is 11.4 Å². The molecule has 2 aromatic carbocycles. The Morgan fingerprint density at radius 3 is 2.39 bits per heavy atom. The van der Waals surface area contributed by atoms with Crippen LogP contribution in [0, 0.1) is 6.92 Å². The van der Waals surface area contributed by atoms with E-state index in [0.717, 1.165) is 29.0 Å². The van der Waals surface area contributed by atoms with Crippen LogP contribution < -0.4 is 10.2 Å². The lowest BCUT2D eigenvalue weighted by molar-refractivity contribution is -0.117. The van der Waals surface area contributed by atoms with Crippen molar-refractivity contribution in [2.75, 3.05) is 16.8 Å². The molecule has 0 unspecified atom stereocenters. The molecule has 1 heterocycles. The maximum Gasteiger partial charge on any atom is 0.248 e. The van der Waals surface area contributed by atoms with Crippen molar-refractivity contribution in [3.05, 3.63) is 54.1 Å². The first-order valence-electron chi connectivity index (χ1n) is 9.47. The van der Waals surface area contributed by atoms with Crippen LogP contribution in [0.25, 0.3) is 11.4 Å². The van der Waals surface area contributed by atoms with Gasteiger partial charge < -0.3 is 10.2 Å². The fourth-order valence-electron chi connectivity index (χ4n) is 3.04. The highest BCUT2D eigenvalue weighted by atomic mass is 16.2. The van der Waals surface area contributed by atoms with Crippen LogP contribution in [0.1, 0.15) is 26.3 Å². The number of rotatable bonds is 7. The summed E-state index contributed by atoms with van der Waals surface area (Å²) in [5.41, 5.74) is 3.92. The molecule has 3 aromatic rings. The summed E-state index contributed by atoms with van der Waals surface area (Å²) in [7, 11) is 0. The van der Waals surface area contributed by atoms with Gasteiger partial charge >= 0.3 is 0 Å². The Morgan fingerprint density at radius 2 is 1.79 bits per heavy atom. The summed E-state index contributed by atoms with van der Waals surface area (Å²) in [6.45, 7) is 9.42. The van der Waals surface area contributed by atoms with Gasteiger partial charge in [-0.05, 0) is 57.2 Å². The lowest BCUT2D eigenvalue weighted by atomic mass is 10.1. The van der Waals surface area contributed by atoms with Crippen molar-refractivity contribution in [3.63, 3.8) is 0 Å². The lowest BCUT2D eigenvalue weighted by Gasteiger charge is -2.27. The van der Waals surface area contributed by atoms with Crippen molar-refractivity contribution in [1.82, 2.24) is 20.2 Å². The highest BCUT2D eigenvalue weighted by Crippen LogP contribution is 2.20. The Bertz CT molecular complexity index is 915. The Morgan fingerprint density at radius 1 is 1.11 bits per heavy atom. The van der Waals surface area contributed by atoms with Crippen LogP contribution in [0.2, 0.25) is 0 Å². The van der Waals surface area contributed by atoms with Crippen molar-refractivity contribution in [1.29, 1.82) is 0 Å². The summed E-state index contributed by atoms with van der Waals surface area (Å²) < 4.78 is 0. The number of aromatic nitrogens is 4. The van der Waals surface area contributed by atoms with Gasteiger partial charge in [-0.15, -0.1) is 10.2 Å². The van der Waals surface area contributed by atoms with E-state index in [4.69, 9.17) is 0 Å². The van der Waals surface area contributed by atoms with Gasteiger partial charge in [0.1, 0.15) is 6.54 Å². The predicted octanol–water partition coefficient (Wildman–Crippen LogP) is 3.52. The maximum absolute atomic E-state index is 12.3. The third-order valence-electron chi connectivity index (χ3n) is 4.49. The van der Waals surface area contributed by atoms with E-state index in [1.54, 1.807) is 0 Å². The molecule has 0 aliphatic carbocycles. The number of aryl methyl sites for hydroxylation is 1. The molecule has 1 aromatic heterocycles. The second-order valence-corrected chi connectivity index (χ2v) is 6.98. The van der Waals surface area contributed by atoms with Gasteiger partial charge in [-0.25, -0.2) is 0 Å². The van der Waals surface area contributed by atoms with Crippen molar-refractivity contribution >= 4 is 17.3 Å². The summed E-state index contributed by atoms with van der Waals surface area (Å²) in [5, 5.41) is 15.2. The molecule has 0 saturated heterocycles. The van der Waals surface area contributed by atoms with E-state index in [1.165, 1.54) is 4.80 Å². The summed E-state index contributed by atoms with van der Waals surface area (Å²) in [6.07, 6.45) is 0. The van der Waals surface area contributed by atoms with E-state index in [0.29, 0.717) is 11.9 Å². The third kappa shape index (κ3) is 4.73. The van der Waals surface area contributed by atoms with Gasteiger partial charge in [-0.2, -0.15) is 4.80 Å². The first-order chi connectivity index (χ1) is 13.5. The number of carbonyl (C=O) groups is 1. The lowest BCUT2D eigenvalue weighted by Crippen LogP contribution is -2.30. The van der Waals surface area contributed by atoms with Gasteiger partial charge in [0.05, 0.1) is 0 Å². The predicted molar refractivity (Wildman–Crippen MR) is 111 cm³/mol. The molecule has 1 amide bonds. The smallest absolute Gasteiger partial charge is 0.248 e.